The molecule has 0 radical (unpaired) electrons. The van der Waals surface area contributed by atoms with Gasteiger partial charge in [-0.3, -0.25) is 9.59 Å². The van der Waals surface area contributed by atoms with E-state index in [1.165, 1.54) is 0 Å². The third-order valence-electron chi connectivity index (χ3n) is 3.23. The van der Waals surface area contributed by atoms with Crippen molar-refractivity contribution in [2.24, 2.45) is 17.8 Å². The predicted molar refractivity (Wildman–Crippen MR) is 67.0 cm³/mol. The molecule has 1 fully saturated rings. The molecule has 0 aromatic heterocycles. The van der Waals surface area contributed by atoms with Crippen molar-refractivity contribution >= 4 is 11.9 Å². The van der Waals surface area contributed by atoms with E-state index in [0.717, 1.165) is 0 Å². The summed E-state index contributed by atoms with van der Waals surface area (Å²) in [7, 11) is 0. The summed E-state index contributed by atoms with van der Waals surface area (Å²) in [5.74, 6) is -1.71. The molecule has 1 aliphatic carbocycles. The zero-order valence-corrected chi connectivity index (χ0v) is 10.7. The first-order valence-corrected chi connectivity index (χ1v) is 6.25. The molecule has 5 nitrogen and oxygen atoms in total. The molecule has 0 aromatic carbocycles. The maximum Gasteiger partial charge on any atom is 0.307 e. The lowest BCUT2D eigenvalue weighted by atomic mass is 9.95. The van der Waals surface area contributed by atoms with E-state index in [1.54, 1.807) is 6.08 Å². The molecular formula is C13H21NO4. The number of carbonyl (C=O) groups is 2. The van der Waals surface area contributed by atoms with Crippen molar-refractivity contribution in [3.8, 4) is 0 Å². The molecule has 1 aliphatic rings. The van der Waals surface area contributed by atoms with Crippen LogP contribution in [0.3, 0.4) is 0 Å². The van der Waals surface area contributed by atoms with Gasteiger partial charge in [0.1, 0.15) is 0 Å². The highest BCUT2D eigenvalue weighted by Crippen LogP contribution is 2.36. The highest BCUT2D eigenvalue weighted by molar-refractivity contribution is 5.85. The summed E-state index contributed by atoms with van der Waals surface area (Å²) < 4.78 is 5.14. The van der Waals surface area contributed by atoms with Gasteiger partial charge >= 0.3 is 5.97 Å². The summed E-state index contributed by atoms with van der Waals surface area (Å²) >= 11 is 0. The van der Waals surface area contributed by atoms with Crippen LogP contribution in [0.15, 0.2) is 12.7 Å². The third kappa shape index (κ3) is 4.14. The van der Waals surface area contributed by atoms with E-state index in [-0.39, 0.29) is 5.91 Å². The first-order chi connectivity index (χ1) is 8.56. The third-order valence-corrected chi connectivity index (χ3v) is 3.23. The Morgan fingerprint density at radius 1 is 1.44 bits per heavy atom. The molecular weight excluding hydrogens is 234 g/mol. The van der Waals surface area contributed by atoms with Gasteiger partial charge in [-0.2, -0.15) is 0 Å². The number of amides is 1. The van der Waals surface area contributed by atoms with Gasteiger partial charge < -0.3 is 15.2 Å². The zero-order valence-electron chi connectivity index (χ0n) is 10.7. The van der Waals surface area contributed by atoms with Crippen molar-refractivity contribution in [2.75, 3.05) is 19.8 Å². The van der Waals surface area contributed by atoms with Crippen LogP contribution < -0.4 is 5.32 Å². The minimum absolute atomic E-state index is 0.172. The Morgan fingerprint density at radius 2 is 2.11 bits per heavy atom. The van der Waals surface area contributed by atoms with Crippen molar-refractivity contribution in [1.29, 1.82) is 0 Å². The van der Waals surface area contributed by atoms with Crippen molar-refractivity contribution in [3.05, 3.63) is 12.7 Å². The standard InChI is InChI=1S/C13H21NO4/c1-3-5-18-6-4-14-12(15)10-7-9(2)8-11(10)13(16)17/h3,9-11H,1,4-8H2,2H3,(H,14,15)(H,16,17). The molecule has 1 rings (SSSR count). The predicted octanol–water partition coefficient (Wildman–Crippen LogP) is 1.05. The van der Waals surface area contributed by atoms with E-state index in [9.17, 15) is 9.59 Å². The summed E-state index contributed by atoms with van der Waals surface area (Å²) in [6, 6.07) is 0. The minimum Gasteiger partial charge on any atom is -0.481 e. The summed E-state index contributed by atoms with van der Waals surface area (Å²) in [6.45, 7) is 6.77. The van der Waals surface area contributed by atoms with Gasteiger partial charge in [0.25, 0.3) is 0 Å². The highest BCUT2D eigenvalue weighted by Gasteiger charge is 2.40. The van der Waals surface area contributed by atoms with E-state index < -0.39 is 17.8 Å². The Balaban J connectivity index is 2.35. The molecule has 3 unspecified atom stereocenters. The van der Waals surface area contributed by atoms with Crippen LogP contribution in [0.4, 0.5) is 0 Å². The number of hydrogen-bond acceptors (Lipinski definition) is 3. The van der Waals surface area contributed by atoms with Gasteiger partial charge in [0.15, 0.2) is 0 Å². The van der Waals surface area contributed by atoms with Crippen LogP contribution in [0.1, 0.15) is 19.8 Å². The molecule has 0 saturated heterocycles. The lowest BCUT2D eigenvalue weighted by Gasteiger charge is -2.15. The molecule has 5 heteroatoms. The van der Waals surface area contributed by atoms with Crippen molar-refractivity contribution in [3.63, 3.8) is 0 Å². The Hall–Kier alpha value is -1.36. The van der Waals surface area contributed by atoms with Crippen LogP contribution in [0.5, 0.6) is 0 Å². The number of ether oxygens (including phenoxy) is 1. The number of carboxylic acid groups (broad SMARTS) is 1. The summed E-state index contributed by atoms with van der Waals surface area (Å²) in [5.41, 5.74) is 0. The van der Waals surface area contributed by atoms with Crippen molar-refractivity contribution in [2.45, 2.75) is 19.8 Å². The topological polar surface area (TPSA) is 75.6 Å². The van der Waals surface area contributed by atoms with Gasteiger partial charge in [0, 0.05) is 6.54 Å². The van der Waals surface area contributed by atoms with Crippen LogP contribution in [0.2, 0.25) is 0 Å². The van der Waals surface area contributed by atoms with Crippen LogP contribution in [-0.2, 0) is 14.3 Å². The number of hydrogen-bond donors (Lipinski definition) is 2. The SMILES string of the molecule is C=CCOCCNC(=O)C1CC(C)CC1C(=O)O. The van der Waals surface area contributed by atoms with Gasteiger partial charge in [-0.05, 0) is 18.8 Å². The van der Waals surface area contributed by atoms with Gasteiger partial charge in [-0.1, -0.05) is 13.0 Å². The quantitative estimate of drug-likeness (QED) is 0.526. The monoisotopic (exact) mass is 255 g/mol. The molecule has 0 aromatic rings. The first kappa shape index (κ1) is 14.7. The molecule has 1 amide bonds. The van der Waals surface area contributed by atoms with Crippen LogP contribution in [0.25, 0.3) is 0 Å². The van der Waals surface area contributed by atoms with E-state index in [2.05, 4.69) is 11.9 Å². The maximum atomic E-state index is 11.9. The first-order valence-electron chi connectivity index (χ1n) is 6.25. The van der Waals surface area contributed by atoms with Gasteiger partial charge in [-0.15, -0.1) is 6.58 Å². The van der Waals surface area contributed by atoms with Crippen LogP contribution in [0, 0.1) is 17.8 Å². The average Bonchev–Trinajstić information content (AvgIpc) is 2.71. The second-order valence-corrected chi connectivity index (χ2v) is 4.78. The molecule has 102 valence electrons. The normalized spacial score (nSPS) is 26.8. The Bertz CT molecular complexity index is 316. The van der Waals surface area contributed by atoms with Gasteiger partial charge in [0.2, 0.25) is 5.91 Å². The highest BCUT2D eigenvalue weighted by atomic mass is 16.5. The fourth-order valence-electron chi connectivity index (χ4n) is 2.40. The number of nitrogens with one attached hydrogen (secondary N) is 1. The van der Waals surface area contributed by atoms with E-state index >= 15 is 0 Å². The Morgan fingerprint density at radius 3 is 2.72 bits per heavy atom. The molecule has 0 heterocycles. The lowest BCUT2D eigenvalue weighted by molar-refractivity contribution is -0.146. The van der Waals surface area contributed by atoms with E-state index in [4.69, 9.17) is 9.84 Å². The number of carboxylic acids is 1. The fourth-order valence-corrected chi connectivity index (χ4v) is 2.40. The summed E-state index contributed by atoms with van der Waals surface area (Å²) in [4.78, 5) is 22.9. The number of rotatable bonds is 7. The molecule has 0 spiro atoms. The molecule has 3 atom stereocenters. The average molecular weight is 255 g/mol. The molecule has 1 saturated carbocycles. The second-order valence-electron chi connectivity index (χ2n) is 4.78. The molecule has 0 bridgehead atoms. The largest absolute Gasteiger partial charge is 0.481 e. The smallest absolute Gasteiger partial charge is 0.307 e. The van der Waals surface area contributed by atoms with Gasteiger partial charge in [-0.25, -0.2) is 0 Å². The van der Waals surface area contributed by atoms with Crippen molar-refractivity contribution in [1.82, 2.24) is 5.32 Å². The molecule has 0 aliphatic heterocycles. The van der Waals surface area contributed by atoms with Gasteiger partial charge in [0.05, 0.1) is 25.0 Å². The number of carbonyl (C=O) groups excluding carboxylic acids is 1. The minimum atomic E-state index is -0.873. The Labute approximate surface area is 107 Å². The molecule has 2 N–H and O–H groups in total. The molecule has 18 heavy (non-hydrogen) atoms. The lowest BCUT2D eigenvalue weighted by Crippen LogP contribution is -2.36. The summed E-state index contributed by atoms with van der Waals surface area (Å²) in [6.07, 6.45) is 2.87. The van der Waals surface area contributed by atoms with Crippen LogP contribution in [-0.4, -0.2) is 36.7 Å². The fraction of sp³-hybridized carbons (Fsp3) is 0.692. The Kier molecular flexibility index (Phi) is 5.85. The zero-order chi connectivity index (χ0) is 13.5. The van der Waals surface area contributed by atoms with Crippen LogP contribution >= 0.6 is 0 Å². The van der Waals surface area contributed by atoms with E-state index in [0.29, 0.717) is 38.5 Å². The number of aliphatic carboxylic acids is 1. The maximum absolute atomic E-state index is 11.9. The van der Waals surface area contributed by atoms with Crippen molar-refractivity contribution < 1.29 is 19.4 Å². The summed E-state index contributed by atoms with van der Waals surface area (Å²) in [5, 5.41) is 11.8. The second kappa shape index (κ2) is 7.16. The van der Waals surface area contributed by atoms with E-state index in [1.807, 2.05) is 6.92 Å².